The lowest BCUT2D eigenvalue weighted by molar-refractivity contribution is -0.0937. The molecule has 6 heavy (non-hydrogen) atoms. The molecule has 0 N–H and O–H groups in total. The quantitative estimate of drug-likeness (QED) is 0.428. The van der Waals surface area contributed by atoms with Crippen LogP contribution in [0, 0.1) is 5.92 Å². The van der Waals surface area contributed by atoms with E-state index in [1.54, 1.807) is 0 Å². The lowest BCUT2D eigenvalue weighted by Gasteiger charge is -2.30. The van der Waals surface area contributed by atoms with Crippen molar-refractivity contribution in [2.45, 2.75) is 20.0 Å². The monoisotopic (exact) mass is 86.1 g/mol. The maximum atomic E-state index is 5.04. The second-order valence-corrected chi connectivity index (χ2v) is 2.02. The minimum absolute atomic E-state index is 0.532. The summed E-state index contributed by atoms with van der Waals surface area (Å²) in [6, 6.07) is 0. The zero-order chi connectivity index (χ0) is 4.57. The molecule has 1 fully saturated rings. The molecule has 0 aromatic rings. The molecular weight excluding hydrogens is 76.1 g/mol. The Morgan fingerprint density at radius 1 is 1.50 bits per heavy atom. The lowest BCUT2D eigenvalue weighted by atomic mass is 10.0. The second-order valence-electron chi connectivity index (χ2n) is 2.02. The Bertz CT molecular complexity index is 43.9. The van der Waals surface area contributed by atoms with E-state index >= 15 is 0 Å². The number of hydrogen-bond acceptors (Lipinski definition) is 1. The Morgan fingerprint density at radius 3 is 2.00 bits per heavy atom. The summed E-state index contributed by atoms with van der Waals surface area (Å²) in [6.45, 7) is 5.28. The van der Waals surface area contributed by atoms with E-state index in [4.69, 9.17) is 4.74 Å². The average molecular weight is 86.1 g/mol. The molecular formula is C5H10O. The summed E-state index contributed by atoms with van der Waals surface area (Å²) in [7, 11) is 0. The number of ether oxygens (including phenoxy) is 1. The Balaban J connectivity index is 2.20. The van der Waals surface area contributed by atoms with E-state index in [0.717, 1.165) is 12.5 Å². The molecule has 0 bridgehead atoms. The van der Waals surface area contributed by atoms with Gasteiger partial charge in [-0.2, -0.15) is 0 Å². The first-order chi connectivity index (χ1) is 2.80. The van der Waals surface area contributed by atoms with Gasteiger partial charge in [0.2, 0.25) is 0 Å². The van der Waals surface area contributed by atoms with Gasteiger partial charge in [-0.1, -0.05) is 6.92 Å². The summed E-state index contributed by atoms with van der Waals surface area (Å²) >= 11 is 0. The molecule has 1 aliphatic heterocycles. The van der Waals surface area contributed by atoms with Gasteiger partial charge in [0.25, 0.3) is 0 Å². The van der Waals surface area contributed by atoms with E-state index in [1.165, 1.54) is 0 Å². The highest BCUT2D eigenvalue weighted by Gasteiger charge is 2.21. The van der Waals surface area contributed by atoms with Gasteiger partial charge < -0.3 is 4.74 Å². The van der Waals surface area contributed by atoms with Crippen LogP contribution in [0.3, 0.4) is 0 Å². The van der Waals surface area contributed by atoms with E-state index in [2.05, 4.69) is 13.8 Å². The van der Waals surface area contributed by atoms with Crippen molar-refractivity contribution in [3.8, 4) is 0 Å². The van der Waals surface area contributed by atoms with Crippen molar-refractivity contribution in [2.75, 3.05) is 6.61 Å². The fourth-order valence-corrected chi connectivity index (χ4v) is 0.481. The third-order valence-electron chi connectivity index (χ3n) is 1.42. The Kier molecular flexibility index (Phi) is 0.845. The highest BCUT2D eigenvalue weighted by atomic mass is 16.5. The molecule has 0 aromatic carbocycles. The van der Waals surface area contributed by atoms with Crippen LogP contribution in [0.15, 0.2) is 0 Å². The van der Waals surface area contributed by atoms with Crippen LogP contribution in [-0.2, 0) is 4.74 Å². The highest BCUT2D eigenvalue weighted by Crippen LogP contribution is 2.17. The Morgan fingerprint density at radius 2 is 2.00 bits per heavy atom. The summed E-state index contributed by atoms with van der Waals surface area (Å²) in [4.78, 5) is 0. The Hall–Kier alpha value is -0.0400. The maximum Gasteiger partial charge on any atom is 0.0594 e. The molecule has 1 saturated heterocycles. The molecule has 2 unspecified atom stereocenters. The van der Waals surface area contributed by atoms with Crippen molar-refractivity contribution in [1.82, 2.24) is 0 Å². The third-order valence-corrected chi connectivity index (χ3v) is 1.42. The zero-order valence-electron chi connectivity index (χ0n) is 4.27. The topological polar surface area (TPSA) is 9.23 Å². The first kappa shape index (κ1) is 4.13. The van der Waals surface area contributed by atoms with Crippen LogP contribution in [0.1, 0.15) is 13.8 Å². The predicted octanol–water partition coefficient (Wildman–Crippen LogP) is 1.04. The van der Waals surface area contributed by atoms with E-state index in [1.807, 2.05) is 0 Å². The van der Waals surface area contributed by atoms with Crippen LogP contribution >= 0.6 is 0 Å². The maximum absolute atomic E-state index is 5.04. The van der Waals surface area contributed by atoms with Crippen LogP contribution in [0.4, 0.5) is 0 Å². The van der Waals surface area contributed by atoms with Crippen molar-refractivity contribution in [1.29, 1.82) is 0 Å². The van der Waals surface area contributed by atoms with Crippen LogP contribution < -0.4 is 0 Å². The van der Waals surface area contributed by atoms with E-state index < -0.39 is 0 Å². The fraction of sp³-hybridized carbons (Fsp3) is 1.00. The van der Waals surface area contributed by atoms with Crippen molar-refractivity contribution >= 4 is 0 Å². The summed E-state index contributed by atoms with van der Waals surface area (Å²) < 4.78 is 5.04. The van der Waals surface area contributed by atoms with Gasteiger partial charge in [0.15, 0.2) is 0 Å². The van der Waals surface area contributed by atoms with Gasteiger partial charge in [0, 0.05) is 5.92 Å². The normalized spacial score (nSPS) is 45.0. The fourth-order valence-electron chi connectivity index (χ4n) is 0.481. The second kappa shape index (κ2) is 1.23. The standard InChI is InChI=1S/C5H10O/c1-4-3-6-5(4)2/h4-5H,3H2,1-2H3. The molecule has 1 nitrogen and oxygen atoms in total. The zero-order valence-corrected chi connectivity index (χ0v) is 4.27. The van der Waals surface area contributed by atoms with E-state index in [9.17, 15) is 0 Å². The minimum Gasteiger partial charge on any atom is -0.378 e. The van der Waals surface area contributed by atoms with Crippen LogP contribution in [-0.4, -0.2) is 12.7 Å². The van der Waals surface area contributed by atoms with Gasteiger partial charge in [0.1, 0.15) is 0 Å². The number of hydrogen-bond donors (Lipinski definition) is 0. The summed E-state index contributed by atoms with van der Waals surface area (Å²) in [5, 5.41) is 0. The van der Waals surface area contributed by atoms with Crippen molar-refractivity contribution in [3.63, 3.8) is 0 Å². The third kappa shape index (κ3) is 0.432. The molecule has 1 heterocycles. The molecule has 1 aliphatic rings. The molecule has 1 heteroatoms. The van der Waals surface area contributed by atoms with Gasteiger partial charge in [0.05, 0.1) is 12.7 Å². The first-order valence-corrected chi connectivity index (χ1v) is 2.42. The molecule has 0 saturated carbocycles. The lowest BCUT2D eigenvalue weighted by Crippen LogP contribution is -2.34. The molecule has 2 atom stereocenters. The summed E-state index contributed by atoms with van der Waals surface area (Å²) in [6.07, 6.45) is 0.532. The largest absolute Gasteiger partial charge is 0.378 e. The molecule has 0 radical (unpaired) electrons. The minimum atomic E-state index is 0.532. The van der Waals surface area contributed by atoms with Gasteiger partial charge >= 0.3 is 0 Å². The molecule has 0 aromatic heterocycles. The number of rotatable bonds is 0. The van der Waals surface area contributed by atoms with Crippen molar-refractivity contribution in [3.05, 3.63) is 0 Å². The average Bonchev–Trinajstić information content (AvgIpc) is 1.61. The van der Waals surface area contributed by atoms with E-state index in [-0.39, 0.29) is 0 Å². The molecule has 36 valence electrons. The highest BCUT2D eigenvalue weighted by molar-refractivity contribution is 4.68. The van der Waals surface area contributed by atoms with E-state index in [0.29, 0.717) is 6.10 Å². The smallest absolute Gasteiger partial charge is 0.0594 e. The van der Waals surface area contributed by atoms with Gasteiger partial charge in [-0.05, 0) is 6.92 Å². The van der Waals surface area contributed by atoms with Gasteiger partial charge in [-0.3, -0.25) is 0 Å². The molecule has 0 spiro atoms. The van der Waals surface area contributed by atoms with Crippen LogP contribution in [0.5, 0.6) is 0 Å². The van der Waals surface area contributed by atoms with Gasteiger partial charge in [-0.25, -0.2) is 0 Å². The summed E-state index contributed by atoms with van der Waals surface area (Å²) in [5.41, 5.74) is 0. The molecule has 1 rings (SSSR count). The molecule has 0 amide bonds. The van der Waals surface area contributed by atoms with Crippen molar-refractivity contribution in [2.24, 2.45) is 5.92 Å². The molecule has 0 aliphatic carbocycles. The summed E-state index contributed by atoms with van der Waals surface area (Å²) in [5.74, 6) is 0.810. The SMILES string of the molecule is CC1COC1C. The van der Waals surface area contributed by atoms with Crippen LogP contribution in [0.25, 0.3) is 0 Å². The van der Waals surface area contributed by atoms with Gasteiger partial charge in [-0.15, -0.1) is 0 Å². The first-order valence-electron chi connectivity index (χ1n) is 2.42. The Labute approximate surface area is 38.3 Å². The predicted molar refractivity (Wildman–Crippen MR) is 24.6 cm³/mol. The van der Waals surface area contributed by atoms with Crippen LogP contribution in [0.2, 0.25) is 0 Å². The van der Waals surface area contributed by atoms with Crippen molar-refractivity contribution < 1.29 is 4.74 Å².